The Morgan fingerprint density at radius 2 is 1.05 bits per heavy atom. The molecular formula is C57H72N16O8. The van der Waals surface area contributed by atoms with Gasteiger partial charge in [-0.05, 0) is 109 Å². The molecule has 81 heavy (non-hydrogen) atoms. The van der Waals surface area contributed by atoms with Gasteiger partial charge in [-0.3, -0.25) is 24.1 Å². The summed E-state index contributed by atoms with van der Waals surface area (Å²) < 4.78 is 21.0. The van der Waals surface area contributed by atoms with Crippen LogP contribution < -0.4 is 16.0 Å². The highest BCUT2D eigenvalue weighted by Gasteiger charge is 2.46. The maximum atomic E-state index is 13.4. The molecule has 3 N–H and O–H groups in total. The third kappa shape index (κ3) is 11.8. The second kappa shape index (κ2) is 23.0. The topological polar surface area (TPSA) is 253 Å². The van der Waals surface area contributed by atoms with E-state index in [2.05, 4.69) is 35.9 Å². The quantitative estimate of drug-likeness (QED) is 0.141. The Bertz CT molecular complexity index is 3280. The van der Waals surface area contributed by atoms with E-state index in [1.807, 2.05) is 51.8 Å². The number of hydrogen-bond donors (Lipinski definition) is 3. The van der Waals surface area contributed by atoms with Gasteiger partial charge in [0.15, 0.2) is 0 Å². The highest BCUT2D eigenvalue weighted by molar-refractivity contribution is 5.99. The van der Waals surface area contributed by atoms with Crippen LogP contribution in [0.1, 0.15) is 126 Å². The van der Waals surface area contributed by atoms with Gasteiger partial charge in [0.25, 0.3) is 23.6 Å². The Labute approximate surface area is 469 Å². The van der Waals surface area contributed by atoms with Crippen LogP contribution in [0.25, 0.3) is 22.1 Å². The molecule has 6 saturated heterocycles. The van der Waals surface area contributed by atoms with Crippen LogP contribution in [0.5, 0.6) is 0 Å². The van der Waals surface area contributed by atoms with Crippen molar-refractivity contribution in [3.63, 3.8) is 0 Å². The molecular weight excluding hydrogens is 1040 g/mol. The fourth-order valence-corrected chi connectivity index (χ4v) is 11.9. The molecule has 12 rings (SSSR count). The van der Waals surface area contributed by atoms with Gasteiger partial charge in [-0.25, -0.2) is 24.7 Å². The number of nitrogens with zero attached hydrogens (tertiary/aromatic N) is 13. The van der Waals surface area contributed by atoms with Crippen molar-refractivity contribution in [3.8, 4) is 0 Å². The maximum absolute atomic E-state index is 13.4. The minimum Gasteiger partial charge on any atom is -0.444 e. The first-order chi connectivity index (χ1) is 38.9. The number of nitrogens with one attached hydrogen (secondary N) is 3. The Balaban J connectivity index is 0.000000173. The minimum absolute atomic E-state index is 0.00689. The molecule has 12 heterocycles. The number of aromatic nitrogens is 8. The molecule has 6 aliphatic rings. The monoisotopic (exact) mass is 1110 g/mol. The highest BCUT2D eigenvalue weighted by atomic mass is 16.6. The lowest BCUT2D eigenvalue weighted by atomic mass is 10.1. The van der Waals surface area contributed by atoms with E-state index < -0.39 is 5.60 Å². The van der Waals surface area contributed by atoms with Crippen LogP contribution in [0, 0.1) is 0 Å². The van der Waals surface area contributed by atoms with E-state index in [4.69, 9.17) is 24.2 Å². The molecule has 24 heteroatoms. The Hall–Kier alpha value is -7.83. The summed E-state index contributed by atoms with van der Waals surface area (Å²) in [7, 11) is 6.95. The molecule has 6 unspecified atom stereocenters. The summed E-state index contributed by atoms with van der Waals surface area (Å²) in [5.74, 6) is 1.44. The number of pyridine rings is 2. The second-order valence-electron chi connectivity index (χ2n) is 23.3. The summed E-state index contributed by atoms with van der Waals surface area (Å²) in [5.41, 5.74) is 2.92. The lowest BCUT2D eigenvalue weighted by Gasteiger charge is -2.41. The van der Waals surface area contributed by atoms with Gasteiger partial charge in [0.05, 0.1) is 48.5 Å². The molecule has 0 aromatic carbocycles. The molecule has 0 spiro atoms. The van der Waals surface area contributed by atoms with Crippen LogP contribution >= 0.6 is 0 Å². The van der Waals surface area contributed by atoms with Gasteiger partial charge < -0.3 is 58.9 Å². The summed E-state index contributed by atoms with van der Waals surface area (Å²) in [6.45, 7) is 10.5. The SMILES string of the molecule is CN(C)C(=O)c1cc2cnc(Nc3ccc(C(=O)N4CC5CCC(C4)N5)cn3)nc2n1C1CCCOC1.CN(C)C(=O)c1cc2cnc(Nc3ccc(C(=O)N4CC5CCC(C4)N5C(=O)OC(C)(C)C)cn3)nc2n1C1CCCOC1. The normalized spacial score (nSPS) is 22.5. The molecule has 0 saturated carbocycles. The zero-order valence-electron chi connectivity index (χ0n) is 47.1. The molecule has 4 bridgehead atoms. The van der Waals surface area contributed by atoms with E-state index in [0.29, 0.717) is 102 Å². The number of carbonyl (C=O) groups excluding carboxylic acids is 5. The number of carbonyl (C=O) groups is 5. The molecule has 24 nitrogen and oxygen atoms in total. The van der Waals surface area contributed by atoms with E-state index >= 15 is 0 Å². The first kappa shape index (κ1) is 55.1. The summed E-state index contributed by atoms with van der Waals surface area (Å²) in [4.78, 5) is 101. The van der Waals surface area contributed by atoms with E-state index in [9.17, 15) is 24.0 Å². The van der Waals surface area contributed by atoms with Gasteiger partial charge in [0.2, 0.25) is 11.9 Å². The van der Waals surface area contributed by atoms with Gasteiger partial charge in [-0.15, -0.1) is 0 Å². The van der Waals surface area contributed by atoms with Crippen LogP contribution in [0.4, 0.5) is 28.3 Å². The van der Waals surface area contributed by atoms with Crippen molar-refractivity contribution in [2.45, 2.75) is 114 Å². The van der Waals surface area contributed by atoms with Crippen LogP contribution in [0.3, 0.4) is 0 Å². The van der Waals surface area contributed by atoms with Crippen LogP contribution in [0.2, 0.25) is 0 Å². The summed E-state index contributed by atoms with van der Waals surface area (Å²) in [5, 5.41) is 11.4. The number of likely N-dealkylation sites (tertiary alicyclic amines) is 2. The highest BCUT2D eigenvalue weighted by Crippen LogP contribution is 2.34. The van der Waals surface area contributed by atoms with Gasteiger partial charge in [0.1, 0.15) is 39.9 Å². The summed E-state index contributed by atoms with van der Waals surface area (Å²) in [6, 6.07) is 11.4. The minimum atomic E-state index is -0.565. The third-order valence-corrected chi connectivity index (χ3v) is 15.8. The van der Waals surface area contributed by atoms with Gasteiger partial charge in [0, 0.05) is 115 Å². The number of piperazine rings is 2. The average molecular weight is 1110 g/mol. The predicted molar refractivity (Wildman–Crippen MR) is 301 cm³/mol. The Morgan fingerprint density at radius 3 is 1.44 bits per heavy atom. The Kier molecular flexibility index (Phi) is 15.6. The molecule has 6 aliphatic heterocycles. The molecule has 5 amide bonds. The van der Waals surface area contributed by atoms with Crippen LogP contribution in [-0.2, 0) is 14.2 Å². The molecule has 0 radical (unpaired) electrons. The van der Waals surface area contributed by atoms with E-state index in [-0.39, 0.29) is 53.9 Å². The van der Waals surface area contributed by atoms with Crippen molar-refractivity contribution in [3.05, 3.63) is 83.7 Å². The molecule has 6 aromatic heterocycles. The smallest absolute Gasteiger partial charge is 0.410 e. The first-order valence-electron chi connectivity index (χ1n) is 28.1. The largest absolute Gasteiger partial charge is 0.444 e. The van der Waals surface area contributed by atoms with Crippen molar-refractivity contribution in [2.75, 3.05) is 91.4 Å². The standard InChI is InChI=1S/C31H40N8O5.C26H32N8O3/c1-31(2,3)44-30(42)38-21-9-10-22(38)17-37(16-21)27(40)19-8-11-25(32-14-19)34-29-33-15-20-13-24(28(41)36(4)5)39(26(20)35-29)23-7-6-12-43-18-23;1-32(2)25(36)21-10-17-12-28-26(31-23(17)34(21)20-4-3-9-37-15-20)30-22-8-5-16(11-27-22)24(35)33-13-18-6-7-19(14-33)29-18/h8,11,13-15,21-23H,6-7,9-10,12,16-18H2,1-5H3,(H,32,33,34,35);5,8,10-12,18-20,29H,3-4,6-7,9,13-15H2,1-2H3,(H,27,28,30,31). The van der Waals surface area contributed by atoms with Crippen molar-refractivity contribution >= 4 is 75.3 Å². The van der Waals surface area contributed by atoms with Crippen LogP contribution in [-0.4, -0.2) is 204 Å². The van der Waals surface area contributed by atoms with Crippen molar-refractivity contribution in [2.24, 2.45) is 0 Å². The van der Waals surface area contributed by atoms with E-state index in [0.717, 1.165) is 81.8 Å². The molecule has 428 valence electrons. The van der Waals surface area contributed by atoms with E-state index in [1.165, 1.54) is 0 Å². The number of rotatable bonds is 10. The maximum Gasteiger partial charge on any atom is 0.410 e. The van der Waals surface area contributed by atoms with Crippen molar-refractivity contribution in [1.82, 2.24) is 68.9 Å². The van der Waals surface area contributed by atoms with Crippen molar-refractivity contribution < 1.29 is 38.2 Å². The first-order valence-corrected chi connectivity index (χ1v) is 28.1. The fraction of sp³-hybridized carbons (Fsp3) is 0.526. The number of fused-ring (bicyclic) bond motifs is 6. The number of hydrogen-bond acceptors (Lipinski definition) is 17. The van der Waals surface area contributed by atoms with E-state index in [1.54, 1.807) is 91.9 Å². The third-order valence-electron chi connectivity index (χ3n) is 15.8. The fourth-order valence-electron chi connectivity index (χ4n) is 11.9. The van der Waals surface area contributed by atoms with Gasteiger partial charge in [-0.1, -0.05) is 0 Å². The lowest BCUT2D eigenvalue weighted by Crippen LogP contribution is -2.57. The average Bonchev–Trinajstić information content (AvgIpc) is 4.28. The number of amides is 5. The second-order valence-corrected chi connectivity index (χ2v) is 23.3. The zero-order chi connectivity index (χ0) is 56.7. The van der Waals surface area contributed by atoms with Crippen LogP contribution in [0.15, 0.2) is 61.2 Å². The summed E-state index contributed by atoms with van der Waals surface area (Å²) >= 11 is 0. The predicted octanol–water partition coefficient (Wildman–Crippen LogP) is 6.05. The van der Waals surface area contributed by atoms with Gasteiger partial charge in [-0.2, -0.15) is 9.97 Å². The molecule has 6 aromatic rings. The zero-order valence-corrected chi connectivity index (χ0v) is 47.1. The molecule has 6 fully saturated rings. The molecule has 6 atom stereocenters. The summed E-state index contributed by atoms with van der Waals surface area (Å²) in [6.07, 6.45) is 13.8. The van der Waals surface area contributed by atoms with Crippen molar-refractivity contribution in [1.29, 1.82) is 0 Å². The Morgan fingerprint density at radius 1 is 0.593 bits per heavy atom. The number of ether oxygens (including phenoxy) is 3. The number of anilines is 4. The molecule has 0 aliphatic carbocycles. The lowest BCUT2D eigenvalue weighted by molar-refractivity contribution is -0.00337. The van der Waals surface area contributed by atoms with Gasteiger partial charge >= 0.3 is 6.09 Å².